The van der Waals surface area contributed by atoms with Crippen LogP contribution in [0.1, 0.15) is 21.3 Å². The molecule has 174 valence electrons. The van der Waals surface area contributed by atoms with E-state index in [1.807, 2.05) is 0 Å². The topological polar surface area (TPSA) is 97.3 Å². The zero-order chi connectivity index (χ0) is 23.8. The smallest absolute Gasteiger partial charge is 0.437 e. The Morgan fingerprint density at radius 2 is 1.78 bits per heavy atom. The summed E-state index contributed by atoms with van der Waals surface area (Å²) in [7, 11) is 4.76. The number of carbonyl (C=O) groups is 2. The Morgan fingerprint density at radius 3 is 2.22 bits per heavy atom. The van der Waals surface area contributed by atoms with E-state index in [0.717, 1.165) is 18.4 Å². The molecule has 8 nitrogen and oxygen atoms in total. The number of halogens is 3. The van der Waals surface area contributed by atoms with Gasteiger partial charge in [-0.15, -0.1) is 11.3 Å². The molecule has 1 fully saturated rings. The SMILES string of the molecule is COc1cc([C@@H]2NC(=O)N(C)[C@@](O)(C(F)(F)F)[C@H]2C(=O)c2cccs2)cc(OC)c1OC. The Labute approximate surface area is 185 Å². The summed E-state index contributed by atoms with van der Waals surface area (Å²) in [5, 5.41) is 14.8. The number of amides is 2. The van der Waals surface area contributed by atoms with Gasteiger partial charge in [-0.1, -0.05) is 6.07 Å². The highest BCUT2D eigenvalue weighted by atomic mass is 32.1. The van der Waals surface area contributed by atoms with Gasteiger partial charge < -0.3 is 24.6 Å². The minimum absolute atomic E-state index is 0.000310. The fourth-order valence-corrected chi connectivity index (χ4v) is 4.44. The van der Waals surface area contributed by atoms with Crippen LogP contribution in [-0.2, 0) is 0 Å². The Balaban J connectivity index is 2.27. The molecule has 3 atom stereocenters. The maximum absolute atomic E-state index is 14.2. The van der Waals surface area contributed by atoms with Crippen LogP contribution in [0.5, 0.6) is 17.2 Å². The maximum Gasteiger partial charge on any atom is 0.437 e. The number of benzene rings is 1. The van der Waals surface area contributed by atoms with Crippen LogP contribution < -0.4 is 19.5 Å². The minimum atomic E-state index is -5.34. The number of hydrogen-bond donors (Lipinski definition) is 2. The summed E-state index contributed by atoms with van der Waals surface area (Å²) in [6.07, 6.45) is -5.34. The fourth-order valence-electron chi connectivity index (χ4n) is 3.74. The lowest BCUT2D eigenvalue weighted by Crippen LogP contribution is -2.72. The van der Waals surface area contributed by atoms with Crippen molar-refractivity contribution >= 4 is 23.2 Å². The van der Waals surface area contributed by atoms with Gasteiger partial charge in [0.2, 0.25) is 5.75 Å². The van der Waals surface area contributed by atoms with Gasteiger partial charge in [-0.05, 0) is 29.1 Å². The van der Waals surface area contributed by atoms with Crippen LogP contribution in [-0.4, -0.2) is 62.1 Å². The minimum Gasteiger partial charge on any atom is -0.493 e. The first-order valence-electron chi connectivity index (χ1n) is 9.22. The average Bonchev–Trinajstić information content (AvgIpc) is 3.29. The van der Waals surface area contributed by atoms with Crippen molar-refractivity contribution in [3.05, 3.63) is 40.1 Å². The third kappa shape index (κ3) is 3.62. The quantitative estimate of drug-likeness (QED) is 0.624. The number of thiophene rings is 1. The molecule has 0 saturated carbocycles. The number of nitrogens with one attached hydrogen (secondary N) is 1. The number of methoxy groups -OCH3 is 3. The van der Waals surface area contributed by atoms with Gasteiger partial charge in [0.25, 0.3) is 5.72 Å². The molecule has 0 unspecified atom stereocenters. The summed E-state index contributed by atoms with van der Waals surface area (Å²) in [6.45, 7) is 0. The number of nitrogens with zero attached hydrogens (tertiary/aromatic N) is 1. The van der Waals surface area contributed by atoms with Gasteiger partial charge in [-0.25, -0.2) is 4.79 Å². The highest BCUT2D eigenvalue weighted by Crippen LogP contribution is 2.49. The van der Waals surface area contributed by atoms with E-state index in [2.05, 4.69) is 5.32 Å². The van der Waals surface area contributed by atoms with E-state index in [4.69, 9.17) is 14.2 Å². The second kappa shape index (κ2) is 8.51. The summed E-state index contributed by atoms with van der Waals surface area (Å²) in [5.74, 6) is -2.73. The lowest BCUT2D eigenvalue weighted by atomic mass is 9.77. The molecule has 2 aromatic rings. The van der Waals surface area contributed by atoms with Gasteiger partial charge in [0.1, 0.15) is 5.92 Å². The number of rotatable bonds is 6. The number of aliphatic hydroxyl groups is 1. The number of alkyl halides is 3. The predicted octanol–water partition coefficient (Wildman–Crippen LogP) is 3.22. The molecule has 1 aliphatic heterocycles. The van der Waals surface area contributed by atoms with Crippen LogP contribution in [0, 0.1) is 5.92 Å². The monoisotopic (exact) mass is 474 g/mol. The zero-order valence-corrected chi connectivity index (χ0v) is 18.3. The fraction of sp³-hybridized carbons (Fsp3) is 0.400. The number of ketones is 1. The summed E-state index contributed by atoms with van der Waals surface area (Å²) < 4.78 is 58.4. The number of carbonyl (C=O) groups excluding carboxylic acids is 2. The lowest BCUT2D eigenvalue weighted by molar-refractivity contribution is -0.322. The summed E-state index contributed by atoms with van der Waals surface area (Å²) in [4.78, 5) is 25.9. The molecule has 1 aromatic heterocycles. The first kappa shape index (κ1) is 23.7. The van der Waals surface area contributed by atoms with E-state index in [-0.39, 0.29) is 32.6 Å². The van der Waals surface area contributed by atoms with E-state index in [0.29, 0.717) is 0 Å². The first-order chi connectivity index (χ1) is 15.0. The predicted molar refractivity (Wildman–Crippen MR) is 108 cm³/mol. The Hall–Kier alpha value is -2.99. The van der Waals surface area contributed by atoms with Crippen molar-refractivity contribution in [2.45, 2.75) is 17.9 Å². The van der Waals surface area contributed by atoms with Crippen molar-refractivity contribution in [2.75, 3.05) is 28.4 Å². The third-order valence-electron chi connectivity index (χ3n) is 5.37. The molecule has 32 heavy (non-hydrogen) atoms. The second-order valence-corrected chi connectivity index (χ2v) is 7.94. The molecule has 2 heterocycles. The van der Waals surface area contributed by atoms with E-state index in [9.17, 15) is 27.9 Å². The number of hydrogen-bond acceptors (Lipinski definition) is 7. The molecule has 0 radical (unpaired) electrons. The molecule has 0 aliphatic carbocycles. The van der Waals surface area contributed by atoms with E-state index in [1.165, 1.54) is 51.0 Å². The Morgan fingerprint density at radius 1 is 1.19 bits per heavy atom. The summed E-state index contributed by atoms with van der Waals surface area (Å²) in [5.41, 5.74) is -3.72. The summed E-state index contributed by atoms with van der Waals surface area (Å²) >= 11 is 0.928. The van der Waals surface area contributed by atoms with E-state index in [1.54, 1.807) is 0 Å². The normalized spacial score (nSPS) is 23.5. The van der Waals surface area contributed by atoms with Crippen molar-refractivity contribution in [1.82, 2.24) is 10.2 Å². The van der Waals surface area contributed by atoms with Gasteiger partial charge in [0, 0.05) is 7.05 Å². The molecule has 12 heteroatoms. The summed E-state index contributed by atoms with van der Waals surface area (Å²) in [6, 6.07) is 2.73. The van der Waals surface area contributed by atoms with Gasteiger partial charge in [0.05, 0.1) is 32.2 Å². The number of Topliss-reactive ketones (excluding diaryl/α,β-unsaturated/α-hetero) is 1. The van der Waals surface area contributed by atoms with Gasteiger partial charge in [0.15, 0.2) is 17.3 Å². The van der Waals surface area contributed by atoms with Crippen LogP contribution >= 0.6 is 11.3 Å². The number of urea groups is 1. The molecular weight excluding hydrogens is 453 g/mol. The van der Waals surface area contributed by atoms with Gasteiger partial charge in [-0.3, -0.25) is 9.69 Å². The largest absolute Gasteiger partial charge is 0.493 e. The van der Waals surface area contributed by atoms with Crippen LogP contribution in [0.4, 0.5) is 18.0 Å². The standard InChI is InChI=1S/C20H21F3N2O6S/c1-25-18(27)24-15(10-8-11(29-2)17(31-4)12(9-10)30-3)14(19(25,28)20(21,22)23)16(26)13-6-5-7-32-13/h5-9,14-15,28H,1-4H3,(H,24,27)/t14-,15+,19+/m1/s1. The van der Waals surface area contributed by atoms with Crippen LogP contribution in [0.3, 0.4) is 0 Å². The molecule has 0 spiro atoms. The van der Waals surface area contributed by atoms with Crippen molar-refractivity contribution in [3.63, 3.8) is 0 Å². The van der Waals surface area contributed by atoms with Crippen molar-refractivity contribution in [2.24, 2.45) is 5.92 Å². The average molecular weight is 474 g/mol. The molecule has 1 aromatic carbocycles. The second-order valence-electron chi connectivity index (χ2n) is 6.99. The maximum atomic E-state index is 14.2. The Kier molecular flexibility index (Phi) is 6.29. The third-order valence-corrected chi connectivity index (χ3v) is 6.26. The van der Waals surface area contributed by atoms with Crippen molar-refractivity contribution in [1.29, 1.82) is 0 Å². The Bertz CT molecular complexity index is 988. The van der Waals surface area contributed by atoms with Crippen molar-refractivity contribution < 1.29 is 42.1 Å². The van der Waals surface area contributed by atoms with Crippen LogP contribution in [0.2, 0.25) is 0 Å². The van der Waals surface area contributed by atoms with E-state index < -0.39 is 35.7 Å². The molecule has 2 amide bonds. The number of ether oxygens (including phenoxy) is 3. The van der Waals surface area contributed by atoms with Gasteiger partial charge in [-0.2, -0.15) is 13.2 Å². The molecule has 1 aliphatic rings. The van der Waals surface area contributed by atoms with E-state index >= 15 is 0 Å². The highest BCUT2D eigenvalue weighted by Gasteiger charge is 2.69. The van der Waals surface area contributed by atoms with Gasteiger partial charge >= 0.3 is 12.2 Å². The van der Waals surface area contributed by atoms with Crippen molar-refractivity contribution in [3.8, 4) is 17.2 Å². The molecular formula is C20H21F3N2O6S. The highest BCUT2D eigenvalue weighted by molar-refractivity contribution is 7.12. The first-order valence-corrected chi connectivity index (χ1v) is 10.1. The molecule has 1 saturated heterocycles. The van der Waals surface area contributed by atoms with Crippen LogP contribution in [0.15, 0.2) is 29.6 Å². The molecule has 2 N–H and O–H groups in total. The lowest BCUT2D eigenvalue weighted by Gasteiger charge is -2.49. The molecule has 0 bridgehead atoms. The molecule has 3 rings (SSSR count). The van der Waals surface area contributed by atoms with Crippen LogP contribution in [0.25, 0.3) is 0 Å². The zero-order valence-electron chi connectivity index (χ0n) is 17.5.